The fourth-order valence-electron chi connectivity index (χ4n) is 4.77. The van der Waals surface area contributed by atoms with E-state index in [2.05, 4.69) is 15.1 Å². The average Bonchev–Trinajstić information content (AvgIpc) is 2.89. The van der Waals surface area contributed by atoms with Gasteiger partial charge in [-0.1, -0.05) is 35.3 Å². The van der Waals surface area contributed by atoms with Gasteiger partial charge in [0, 0.05) is 37.4 Å². The van der Waals surface area contributed by atoms with E-state index in [1.54, 1.807) is 6.07 Å². The quantitative estimate of drug-likeness (QED) is 0.609. The van der Waals surface area contributed by atoms with E-state index in [4.69, 9.17) is 47.4 Å². The molecular weight excluding hydrogens is 493 g/mol. The normalized spacial score (nSPS) is 20.4. The Balaban J connectivity index is 1.75. The number of allylic oxidation sites excluding steroid dienone is 1. The van der Waals surface area contributed by atoms with E-state index >= 15 is 0 Å². The van der Waals surface area contributed by atoms with E-state index in [1.807, 2.05) is 19.1 Å². The zero-order valence-electron chi connectivity index (χ0n) is 19.6. The predicted molar refractivity (Wildman–Crippen MR) is 135 cm³/mol. The SMILES string of the molecule is COC(=O)C1=C(C)Nc2nc(N3CCOCC3)nc(N3CCOCC3)c2C1c1cccc(Cl)c1Cl. The highest BCUT2D eigenvalue weighted by Gasteiger charge is 2.39. The largest absolute Gasteiger partial charge is 0.466 e. The molecule has 0 radical (unpaired) electrons. The number of hydrogen-bond donors (Lipinski definition) is 1. The van der Waals surface area contributed by atoms with Gasteiger partial charge >= 0.3 is 5.97 Å². The van der Waals surface area contributed by atoms with Crippen LogP contribution in [0.3, 0.4) is 0 Å². The minimum Gasteiger partial charge on any atom is -0.466 e. The molecule has 35 heavy (non-hydrogen) atoms. The van der Waals surface area contributed by atoms with Crippen LogP contribution in [0.15, 0.2) is 29.5 Å². The lowest BCUT2D eigenvalue weighted by Gasteiger charge is -2.37. The molecule has 0 bridgehead atoms. The van der Waals surface area contributed by atoms with Crippen LogP contribution >= 0.6 is 23.2 Å². The number of anilines is 3. The van der Waals surface area contributed by atoms with Crippen LogP contribution in [0.1, 0.15) is 24.0 Å². The lowest BCUT2D eigenvalue weighted by Crippen LogP contribution is -2.41. The van der Waals surface area contributed by atoms with Crippen molar-refractivity contribution in [2.45, 2.75) is 12.8 Å². The lowest BCUT2D eigenvalue weighted by molar-refractivity contribution is -0.136. The molecule has 0 aliphatic carbocycles. The number of rotatable bonds is 4. The molecule has 0 saturated carbocycles. The van der Waals surface area contributed by atoms with Crippen LogP contribution < -0.4 is 15.1 Å². The number of nitrogens with one attached hydrogen (secondary N) is 1. The maximum Gasteiger partial charge on any atom is 0.336 e. The first-order valence-electron chi connectivity index (χ1n) is 11.6. The molecule has 1 unspecified atom stereocenters. The number of fused-ring (bicyclic) bond motifs is 1. The molecule has 1 atom stereocenters. The Hall–Kier alpha value is -2.59. The summed E-state index contributed by atoms with van der Waals surface area (Å²) in [7, 11) is 1.37. The summed E-state index contributed by atoms with van der Waals surface area (Å²) < 4.78 is 16.3. The fraction of sp³-hybridized carbons (Fsp3) is 0.458. The Kier molecular flexibility index (Phi) is 7.02. The average molecular weight is 520 g/mol. The molecule has 2 aromatic rings. The standard InChI is InChI=1S/C24H27Cl2N5O4/c1-14-17(23(32)33-2)18(15-4-3-5-16(25)20(15)26)19-21(27-14)28-24(31-8-12-35-13-9-31)29-22(19)30-6-10-34-11-7-30/h3-5,18H,6-13H2,1-2H3,(H,27,28,29). The van der Waals surface area contributed by atoms with Crippen molar-refractivity contribution < 1.29 is 19.0 Å². The highest BCUT2D eigenvalue weighted by molar-refractivity contribution is 6.42. The summed E-state index contributed by atoms with van der Waals surface area (Å²) in [5, 5.41) is 4.14. The molecule has 4 heterocycles. The summed E-state index contributed by atoms with van der Waals surface area (Å²) in [6.45, 7) is 6.98. The lowest BCUT2D eigenvalue weighted by atomic mass is 9.81. The fourth-order valence-corrected chi connectivity index (χ4v) is 5.19. The van der Waals surface area contributed by atoms with Crippen molar-refractivity contribution in [2.75, 3.05) is 74.8 Å². The van der Waals surface area contributed by atoms with Crippen molar-refractivity contribution >= 4 is 46.8 Å². The summed E-state index contributed by atoms with van der Waals surface area (Å²) >= 11 is 13.1. The molecule has 3 aliphatic heterocycles. The van der Waals surface area contributed by atoms with Gasteiger partial charge in [-0.15, -0.1) is 0 Å². The second-order valence-electron chi connectivity index (χ2n) is 8.54. The van der Waals surface area contributed by atoms with Crippen LogP contribution in [0.5, 0.6) is 0 Å². The van der Waals surface area contributed by atoms with Gasteiger partial charge in [0.25, 0.3) is 0 Å². The number of esters is 1. The Labute approximate surface area is 214 Å². The van der Waals surface area contributed by atoms with E-state index < -0.39 is 11.9 Å². The van der Waals surface area contributed by atoms with Crippen LogP contribution in [0.4, 0.5) is 17.6 Å². The van der Waals surface area contributed by atoms with Crippen LogP contribution in [0.25, 0.3) is 0 Å². The summed E-state index contributed by atoms with van der Waals surface area (Å²) in [5.74, 6) is 0.969. The molecule has 1 N–H and O–H groups in total. The molecule has 0 spiro atoms. The van der Waals surface area contributed by atoms with Crippen molar-refractivity contribution in [3.63, 3.8) is 0 Å². The zero-order valence-corrected chi connectivity index (χ0v) is 21.2. The molecule has 186 valence electrons. The maximum atomic E-state index is 13.1. The number of halogens is 2. The Bertz CT molecular complexity index is 1160. The van der Waals surface area contributed by atoms with Gasteiger partial charge in [0.1, 0.15) is 11.6 Å². The number of morpholine rings is 2. The summed E-state index contributed by atoms with van der Waals surface area (Å²) in [6, 6.07) is 5.43. The van der Waals surface area contributed by atoms with Gasteiger partial charge in [-0.2, -0.15) is 9.97 Å². The number of nitrogens with zero attached hydrogens (tertiary/aromatic N) is 4. The zero-order chi connectivity index (χ0) is 24.5. The first-order valence-corrected chi connectivity index (χ1v) is 12.3. The molecular formula is C24H27Cl2N5O4. The number of ether oxygens (including phenoxy) is 3. The van der Waals surface area contributed by atoms with Crippen molar-refractivity contribution in [3.05, 3.63) is 50.6 Å². The van der Waals surface area contributed by atoms with Crippen LogP contribution in [-0.4, -0.2) is 75.7 Å². The van der Waals surface area contributed by atoms with Crippen LogP contribution in [0, 0.1) is 0 Å². The minimum absolute atomic E-state index is 0.381. The first-order chi connectivity index (χ1) is 17.0. The monoisotopic (exact) mass is 519 g/mol. The Morgan fingerprint density at radius 3 is 2.37 bits per heavy atom. The molecule has 3 aliphatic rings. The second kappa shape index (κ2) is 10.2. The maximum absolute atomic E-state index is 13.1. The van der Waals surface area contributed by atoms with E-state index in [-0.39, 0.29) is 0 Å². The van der Waals surface area contributed by atoms with Gasteiger partial charge in [-0.25, -0.2) is 4.79 Å². The summed E-state index contributed by atoms with van der Waals surface area (Å²) in [6.07, 6.45) is 0. The van der Waals surface area contributed by atoms with Crippen molar-refractivity contribution in [1.82, 2.24) is 9.97 Å². The van der Waals surface area contributed by atoms with Crippen LogP contribution in [-0.2, 0) is 19.0 Å². The van der Waals surface area contributed by atoms with Gasteiger partial charge < -0.3 is 29.3 Å². The molecule has 11 heteroatoms. The number of benzene rings is 1. The van der Waals surface area contributed by atoms with E-state index in [0.717, 1.165) is 11.4 Å². The summed E-state index contributed by atoms with van der Waals surface area (Å²) in [5.41, 5.74) is 2.55. The third-order valence-electron chi connectivity index (χ3n) is 6.50. The number of aromatic nitrogens is 2. The second-order valence-corrected chi connectivity index (χ2v) is 9.32. The highest BCUT2D eigenvalue weighted by Crippen LogP contribution is 2.48. The number of hydrogen-bond acceptors (Lipinski definition) is 9. The summed E-state index contributed by atoms with van der Waals surface area (Å²) in [4.78, 5) is 27.3. The van der Waals surface area contributed by atoms with Gasteiger partial charge in [0.15, 0.2) is 0 Å². The minimum atomic E-state index is -0.568. The molecule has 2 fully saturated rings. The van der Waals surface area contributed by atoms with Gasteiger partial charge in [0.2, 0.25) is 5.95 Å². The number of carbonyl (C=O) groups excluding carboxylic acids is 1. The smallest absolute Gasteiger partial charge is 0.336 e. The van der Waals surface area contributed by atoms with Crippen molar-refractivity contribution in [1.29, 1.82) is 0 Å². The van der Waals surface area contributed by atoms with Gasteiger partial charge in [-0.05, 0) is 18.6 Å². The number of methoxy groups -OCH3 is 1. The Morgan fingerprint density at radius 1 is 1.06 bits per heavy atom. The van der Waals surface area contributed by atoms with Crippen LogP contribution in [0.2, 0.25) is 10.0 Å². The van der Waals surface area contributed by atoms with E-state index in [0.29, 0.717) is 91.3 Å². The molecule has 1 aromatic heterocycles. The molecule has 2 saturated heterocycles. The van der Waals surface area contributed by atoms with Gasteiger partial charge in [-0.3, -0.25) is 0 Å². The first kappa shape index (κ1) is 24.1. The molecule has 5 rings (SSSR count). The predicted octanol–water partition coefficient (Wildman–Crippen LogP) is 3.46. The molecule has 9 nitrogen and oxygen atoms in total. The topological polar surface area (TPSA) is 89.0 Å². The molecule has 0 amide bonds. The van der Waals surface area contributed by atoms with Crippen molar-refractivity contribution in [2.24, 2.45) is 0 Å². The van der Waals surface area contributed by atoms with E-state index in [1.165, 1.54) is 7.11 Å². The Morgan fingerprint density at radius 2 is 1.71 bits per heavy atom. The third-order valence-corrected chi connectivity index (χ3v) is 7.34. The van der Waals surface area contributed by atoms with E-state index in [9.17, 15) is 4.79 Å². The number of carbonyl (C=O) groups is 1. The van der Waals surface area contributed by atoms with Crippen molar-refractivity contribution in [3.8, 4) is 0 Å². The van der Waals surface area contributed by atoms with Gasteiger partial charge in [0.05, 0.1) is 55.1 Å². The molecule has 1 aromatic carbocycles. The third kappa shape index (κ3) is 4.53. The highest BCUT2D eigenvalue weighted by atomic mass is 35.5.